The number of aromatic nitrogens is 2. The molecule has 0 unspecified atom stereocenters. The predicted octanol–water partition coefficient (Wildman–Crippen LogP) is 3.55. The molecule has 3 aromatic rings. The van der Waals surface area contributed by atoms with Crippen LogP contribution in [0.2, 0.25) is 0 Å². The van der Waals surface area contributed by atoms with Gasteiger partial charge in [-0.05, 0) is 36.4 Å². The molecule has 2 aromatic carbocycles. The summed E-state index contributed by atoms with van der Waals surface area (Å²) in [4.78, 5) is 11.9. The molecular formula is C15H7F4N3O2. The van der Waals surface area contributed by atoms with Gasteiger partial charge in [-0.15, -0.1) is 10.2 Å². The van der Waals surface area contributed by atoms with Gasteiger partial charge in [0.05, 0.1) is 5.69 Å². The van der Waals surface area contributed by atoms with Gasteiger partial charge in [-0.3, -0.25) is 4.79 Å². The van der Waals surface area contributed by atoms with Crippen LogP contribution in [0.15, 0.2) is 40.8 Å². The van der Waals surface area contributed by atoms with Gasteiger partial charge in [-0.1, -0.05) is 0 Å². The second kappa shape index (κ2) is 6.11. The number of amides is 1. The van der Waals surface area contributed by atoms with Crippen molar-refractivity contribution < 1.29 is 26.8 Å². The zero-order chi connectivity index (χ0) is 17.3. The van der Waals surface area contributed by atoms with Gasteiger partial charge in [0.2, 0.25) is 5.89 Å². The van der Waals surface area contributed by atoms with Crippen molar-refractivity contribution in [3.63, 3.8) is 0 Å². The number of hydrogen-bond acceptors (Lipinski definition) is 4. The Bertz CT molecular complexity index is 910. The fraction of sp³-hybridized carbons (Fsp3) is 0. The highest BCUT2D eigenvalue weighted by Crippen LogP contribution is 2.21. The molecule has 3 rings (SSSR count). The lowest BCUT2D eigenvalue weighted by Crippen LogP contribution is -2.14. The topological polar surface area (TPSA) is 68.0 Å². The lowest BCUT2D eigenvalue weighted by atomic mass is 10.2. The van der Waals surface area contributed by atoms with Crippen LogP contribution in [-0.4, -0.2) is 16.1 Å². The smallest absolute Gasteiger partial charge is 0.313 e. The zero-order valence-electron chi connectivity index (χ0n) is 11.7. The first-order valence-electron chi connectivity index (χ1n) is 6.50. The molecule has 5 nitrogen and oxygen atoms in total. The molecule has 0 saturated carbocycles. The van der Waals surface area contributed by atoms with Crippen LogP contribution in [0.3, 0.4) is 0 Å². The van der Waals surface area contributed by atoms with Crippen LogP contribution in [0, 0.1) is 23.3 Å². The third kappa shape index (κ3) is 2.96. The molecule has 0 aliphatic carbocycles. The maximum absolute atomic E-state index is 13.5. The van der Waals surface area contributed by atoms with Gasteiger partial charge in [-0.25, -0.2) is 17.6 Å². The first-order valence-corrected chi connectivity index (χ1v) is 6.50. The molecule has 24 heavy (non-hydrogen) atoms. The van der Waals surface area contributed by atoms with Crippen molar-refractivity contribution in [2.45, 2.75) is 0 Å². The summed E-state index contributed by atoms with van der Waals surface area (Å²) < 4.78 is 57.4. The van der Waals surface area contributed by atoms with Crippen LogP contribution in [-0.2, 0) is 0 Å². The Balaban J connectivity index is 1.82. The monoisotopic (exact) mass is 337 g/mol. The molecule has 1 heterocycles. The fourth-order valence-corrected chi connectivity index (χ4v) is 1.82. The molecule has 0 radical (unpaired) electrons. The molecule has 0 aliphatic rings. The number of rotatable bonds is 3. The minimum absolute atomic E-state index is 0.0640. The number of nitrogens with one attached hydrogen (secondary N) is 1. The van der Waals surface area contributed by atoms with E-state index in [0.29, 0.717) is 11.6 Å². The second-order valence-corrected chi connectivity index (χ2v) is 4.60. The van der Waals surface area contributed by atoms with E-state index in [9.17, 15) is 22.4 Å². The number of carbonyl (C=O) groups excluding carboxylic acids is 1. The molecular weight excluding hydrogens is 330 g/mol. The summed E-state index contributed by atoms with van der Waals surface area (Å²) in [5, 5.41) is 9.06. The Morgan fingerprint density at radius 3 is 2.33 bits per heavy atom. The van der Waals surface area contributed by atoms with Crippen molar-refractivity contribution in [1.82, 2.24) is 10.2 Å². The van der Waals surface area contributed by atoms with E-state index in [1.54, 1.807) is 0 Å². The maximum atomic E-state index is 13.5. The molecule has 1 aromatic heterocycles. The van der Waals surface area contributed by atoms with Gasteiger partial charge >= 0.3 is 11.8 Å². The standard InChI is InChI=1S/C15H7F4N3O2/c16-8-3-1-7(2-4-8)14-21-22-15(24-14)13(23)20-10-6-5-9(17)11(18)12(10)19/h1-6H,(H,20,23). The average molecular weight is 337 g/mol. The van der Waals surface area contributed by atoms with Gasteiger partial charge in [0.15, 0.2) is 17.5 Å². The summed E-state index contributed by atoms with van der Waals surface area (Å²) in [7, 11) is 0. The minimum Gasteiger partial charge on any atom is -0.412 e. The number of benzene rings is 2. The van der Waals surface area contributed by atoms with E-state index in [2.05, 4.69) is 10.2 Å². The number of halogens is 4. The molecule has 0 saturated heterocycles. The largest absolute Gasteiger partial charge is 0.412 e. The average Bonchev–Trinajstić information content (AvgIpc) is 3.06. The molecule has 1 amide bonds. The van der Waals surface area contributed by atoms with Crippen molar-refractivity contribution in [3.05, 3.63) is 65.6 Å². The van der Waals surface area contributed by atoms with Gasteiger partial charge in [0.25, 0.3) is 0 Å². The first kappa shape index (κ1) is 15.7. The quantitative estimate of drug-likeness (QED) is 0.586. The lowest BCUT2D eigenvalue weighted by Gasteiger charge is -2.04. The first-order chi connectivity index (χ1) is 11.5. The number of nitrogens with zero attached hydrogens (tertiary/aromatic N) is 2. The molecule has 1 N–H and O–H groups in total. The van der Waals surface area contributed by atoms with Crippen molar-refractivity contribution in [3.8, 4) is 11.5 Å². The summed E-state index contributed by atoms with van der Waals surface area (Å²) in [5.74, 6) is -6.73. The van der Waals surface area contributed by atoms with E-state index in [1.165, 1.54) is 12.1 Å². The van der Waals surface area contributed by atoms with Crippen molar-refractivity contribution in [2.24, 2.45) is 0 Å². The highest BCUT2D eigenvalue weighted by Gasteiger charge is 2.20. The Morgan fingerprint density at radius 2 is 1.62 bits per heavy atom. The summed E-state index contributed by atoms with van der Waals surface area (Å²) in [6, 6.07) is 6.56. The predicted molar refractivity (Wildman–Crippen MR) is 74.0 cm³/mol. The van der Waals surface area contributed by atoms with Gasteiger partial charge in [0.1, 0.15) is 5.82 Å². The van der Waals surface area contributed by atoms with Gasteiger partial charge < -0.3 is 9.73 Å². The third-order valence-corrected chi connectivity index (χ3v) is 2.99. The minimum atomic E-state index is -1.72. The van der Waals surface area contributed by atoms with Crippen LogP contribution >= 0.6 is 0 Å². The Labute approximate surface area is 131 Å². The fourth-order valence-electron chi connectivity index (χ4n) is 1.82. The Kier molecular flexibility index (Phi) is 3.98. The Hall–Kier alpha value is -3.23. The second-order valence-electron chi connectivity index (χ2n) is 4.60. The third-order valence-electron chi connectivity index (χ3n) is 2.99. The molecule has 9 heteroatoms. The Morgan fingerprint density at radius 1 is 0.917 bits per heavy atom. The number of anilines is 1. The molecule has 122 valence electrons. The van der Waals surface area contributed by atoms with E-state index in [1.807, 2.05) is 5.32 Å². The van der Waals surface area contributed by atoms with E-state index < -0.39 is 40.8 Å². The van der Waals surface area contributed by atoms with E-state index >= 15 is 0 Å². The van der Waals surface area contributed by atoms with Crippen molar-refractivity contribution in [2.75, 3.05) is 5.32 Å². The summed E-state index contributed by atoms with van der Waals surface area (Å²) in [5.41, 5.74) is -0.220. The highest BCUT2D eigenvalue weighted by molar-refractivity contribution is 6.01. The molecule has 0 aliphatic heterocycles. The van der Waals surface area contributed by atoms with Crippen LogP contribution in [0.4, 0.5) is 23.2 Å². The number of hydrogen-bond donors (Lipinski definition) is 1. The van der Waals surface area contributed by atoms with Crippen LogP contribution in [0.5, 0.6) is 0 Å². The van der Waals surface area contributed by atoms with Crippen molar-refractivity contribution >= 4 is 11.6 Å². The molecule has 0 fully saturated rings. The SMILES string of the molecule is O=C(Nc1ccc(F)c(F)c1F)c1nnc(-c2ccc(F)cc2)o1. The van der Waals surface area contributed by atoms with E-state index in [4.69, 9.17) is 4.42 Å². The summed E-state index contributed by atoms with van der Waals surface area (Å²) in [6.45, 7) is 0. The highest BCUT2D eigenvalue weighted by atomic mass is 19.2. The molecule has 0 atom stereocenters. The van der Waals surface area contributed by atoms with E-state index in [0.717, 1.165) is 18.2 Å². The van der Waals surface area contributed by atoms with Crippen molar-refractivity contribution in [1.29, 1.82) is 0 Å². The van der Waals surface area contributed by atoms with Gasteiger partial charge in [0, 0.05) is 5.56 Å². The number of carbonyl (C=O) groups is 1. The lowest BCUT2D eigenvalue weighted by molar-refractivity contribution is 0.0990. The van der Waals surface area contributed by atoms with Crippen LogP contribution in [0.1, 0.15) is 10.7 Å². The summed E-state index contributed by atoms with van der Waals surface area (Å²) in [6.07, 6.45) is 0. The molecule has 0 spiro atoms. The van der Waals surface area contributed by atoms with Crippen LogP contribution < -0.4 is 5.32 Å². The normalized spacial score (nSPS) is 10.7. The van der Waals surface area contributed by atoms with Gasteiger partial charge in [-0.2, -0.15) is 0 Å². The zero-order valence-corrected chi connectivity index (χ0v) is 11.7. The molecule has 0 bridgehead atoms. The van der Waals surface area contributed by atoms with Crippen LogP contribution in [0.25, 0.3) is 11.5 Å². The van der Waals surface area contributed by atoms with E-state index in [-0.39, 0.29) is 5.89 Å². The summed E-state index contributed by atoms with van der Waals surface area (Å²) >= 11 is 0. The maximum Gasteiger partial charge on any atom is 0.313 e.